The zero-order valence-electron chi connectivity index (χ0n) is 15.6. The van der Waals surface area contributed by atoms with Crippen molar-refractivity contribution >= 4 is 22.6 Å². The quantitative estimate of drug-likeness (QED) is 0.683. The van der Waals surface area contributed by atoms with Gasteiger partial charge in [0, 0.05) is 42.7 Å². The monoisotopic (exact) mass is 362 g/mol. The highest BCUT2D eigenvalue weighted by Crippen LogP contribution is 2.25. The predicted molar refractivity (Wildman–Crippen MR) is 109 cm³/mol. The molecule has 1 fully saturated rings. The summed E-state index contributed by atoms with van der Waals surface area (Å²) in [6.07, 6.45) is 4.87. The minimum Gasteiger partial charge on any atom is -0.360 e. The molecular weight excluding hydrogens is 336 g/mol. The van der Waals surface area contributed by atoms with Gasteiger partial charge in [-0.2, -0.15) is 0 Å². The normalized spacial score (nSPS) is 15.2. The highest BCUT2D eigenvalue weighted by molar-refractivity contribution is 6.08. The van der Waals surface area contributed by atoms with Crippen LogP contribution in [0.15, 0.2) is 54.7 Å². The second-order valence-electron chi connectivity index (χ2n) is 7.44. The van der Waals surface area contributed by atoms with Crippen molar-refractivity contribution in [1.82, 2.24) is 9.88 Å². The summed E-state index contributed by atoms with van der Waals surface area (Å²) in [7, 11) is 0. The molecule has 1 amide bonds. The average Bonchev–Trinajstić information content (AvgIpc) is 3.12. The molecule has 0 spiro atoms. The number of ketones is 1. The van der Waals surface area contributed by atoms with E-state index in [1.807, 2.05) is 29.2 Å². The van der Waals surface area contributed by atoms with Crippen molar-refractivity contribution in [3.63, 3.8) is 0 Å². The molecule has 1 aromatic heterocycles. The number of nitrogens with zero attached hydrogens (tertiary/aromatic N) is 1. The molecule has 140 valence electrons. The van der Waals surface area contributed by atoms with Crippen LogP contribution in [0.3, 0.4) is 0 Å². The fraction of sp³-hybridized carbons (Fsp3) is 0.304. The van der Waals surface area contributed by atoms with Crippen LogP contribution >= 0.6 is 0 Å². The van der Waals surface area contributed by atoms with Crippen LogP contribution in [0.1, 0.15) is 47.5 Å². The molecule has 4 rings (SSSR count). The van der Waals surface area contributed by atoms with Gasteiger partial charge in [0.15, 0.2) is 5.78 Å². The molecule has 4 heteroatoms. The molecule has 4 nitrogen and oxygen atoms in total. The molecule has 0 saturated carbocycles. The Morgan fingerprint density at radius 1 is 1.11 bits per heavy atom. The predicted octanol–water partition coefficient (Wildman–Crippen LogP) is 4.71. The molecule has 0 unspecified atom stereocenters. The first-order chi connectivity index (χ1) is 13.1. The summed E-state index contributed by atoms with van der Waals surface area (Å²) in [6.45, 7) is 3.14. The molecule has 3 aromatic rings. The van der Waals surface area contributed by atoms with E-state index in [1.165, 1.54) is 5.56 Å². The number of hydrogen-bond donors (Lipinski definition) is 1. The van der Waals surface area contributed by atoms with Crippen LogP contribution in [0, 0.1) is 5.92 Å². The zero-order valence-corrected chi connectivity index (χ0v) is 15.6. The zero-order chi connectivity index (χ0) is 18.8. The van der Waals surface area contributed by atoms with Crippen LogP contribution in [-0.2, 0) is 6.42 Å². The molecule has 2 heterocycles. The van der Waals surface area contributed by atoms with Crippen molar-refractivity contribution in [2.24, 2.45) is 5.92 Å². The van der Waals surface area contributed by atoms with Gasteiger partial charge in [0.05, 0.1) is 0 Å². The molecule has 0 radical (unpaired) electrons. The summed E-state index contributed by atoms with van der Waals surface area (Å²) in [5.74, 6) is 0.700. The molecule has 0 bridgehead atoms. The van der Waals surface area contributed by atoms with Crippen molar-refractivity contribution in [3.05, 3.63) is 71.4 Å². The van der Waals surface area contributed by atoms with Gasteiger partial charge in [-0.15, -0.1) is 0 Å². The number of likely N-dealkylation sites (tertiary alicyclic amines) is 1. The fourth-order valence-corrected chi connectivity index (χ4v) is 4.02. The number of hydrogen-bond acceptors (Lipinski definition) is 2. The number of Topliss-reactive ketones (excluding diaryl/α,β-unsaturated/α-hetero) is 1. The Labute approximate surface area is 160 Å². The Kier molecular flexibility index (Phi) is 4.80. The number of carbonyl (C=O) groups is 2. The van der Waals surface area contributed by atoms with Gasteiger partial charge in [-0.3, -0.25) is 9.59 Å². The third-order valence-electron chi connectivity index (χ3n) is 5.58. The van der Waals surface area contributed by atoms with E-state index in [-0.39, 0.29) is 13.1 Å². The maximum absolute atomic E-state index is 12.9. The number of fused-ring (bicyclic) bond motifs is 1. The van der Waals surface area contributed by atoms with E-state index in [1.54, 1.807) is 13.1 Å². The molecule has 0 aliphatic carbocycles. The number of amides is 1. The standard InChI is InChI=1S/C23H24N2O2.H2/c1-16(26)21-15-24-22-8-7-19(14-20(21)22)23(27)25-11-9-18(10-12-25)13-17-5-3-2-4-6-17;/h2-8,14-15,18,24H,9-13H2,1H3;1H. The number of piperidine rings is 1. The van der Waals surface area contributed by atoms with E-state index in [2.05, 4.69) is 29.2 Å². The molecule has 2 aromatic carbocycles. The van der Waals surface area contributed by atoms with Crippen LogP contribution in [0.2, 0.25) is 0 Å². The molecule has 1 N–H and O–H groups in total. The lowest BCUT2D eigenvalue weighted by atomic mass is 9.90. The molecule has 1 saturated heterocycles. The lowest BCUT2D eigenvalue weighted by Crippen LogP contribution is -2.38. The Balaban J connectivity index is 0.00000225. The first kappa shape index (κ1) is 17.5. The highest BCUT2D eigenvalue weighted by atomic mass is 16.2. The van der Waals surface area contributed by atoms with E-state index in [4.69, 9.17) is 0 Å². The summed E-state index contributed by atoms with van der Waals surface area (Å²) >= 11 is 0. The summed E-state index contributed by atoms with van der Waals surface area (Å²) in [5.41, 5.74) is 3.56. The molecule has 0 atom stereocenters. The Hall–Kier alpha value is -2.88. The highest BCUT2D eigenvalue weighted by Gasteiger charge is 2.24. The van der Waals surface area contributed by atoms with Gasteiger partial charge in [-0.1, -0.05) is 30.3 Å². The van der Waals surface area contributed by atoms with E-state index >= 15 is 0 Å². The number of aromatic nitrogens is 1. The number of rotatable bonds is 4. The number of aromatic amines is 1. The van der Waals surface area contributed by atoms with Crippen molar-refractivity contribution in [1.29, 1.82) is 0 Å². The third kappa shape index (κ3) is 3.65. The van der Waals surface area contributed by atoms with Crippen molar-refractivity contribution in [2.45, 2.75) is 26.2 Å². The third-order valence-corrected chi connectivity index (χ3v) is 5.58. The topological polar surface area (TPSA) is 53.2 Å². The fourth-order valence-electron chi connectivity index (χ4n) is 4.02. The first-order valence-electron chi connectivity index (χ1n) is 9.57. The summed E-state index contributed by atoms with van der Waals surface area (Å²) in [6, 6.07) is 16.1. The number of benzene rings is 2. The van der Waals surface area contributed by atoms with Crippen LogP contribution in [0.5, 0.6) is 0 Å². The Morgan fingerprint density at radius 2 is 1.85 bits per heavy atom. The number of nitrogens with one attached hydrogen (secondary N) is 1. The molecule has 27 heavy (non-hydrogen) atoms. The summed E-state index contributed by atoms with van der Waals surface area (Å²) < 4.78 is 0. The molecule has 1 aliphatic rings. The largest absolute Gasteiger partial charge is 0.360 e. The second kappa shape index (κ2) is 7.39. The molecule has 1 aliphatic heterocycles. The van der Waals surface area contributed by atoms with Gasteiger partial charge >= 0.3 is 0 Å². The van der Waals surface area contributed by atoms with Crippen molar-refractivity contribution in [2.75, 3.05) is 13.1 Å². The Morgan fingerprint density at radius 3 is 2.56 bits per heavy atom. The van der Waals surface area contributed by atoms with E-state index in [9.17, 15) is 9.59 Å². The van der Waals surface area contributed by atoms with Gasteiger partial charge < -0.3 is 9.88 Å². The summed E-state index contributed by atoms with van der Waals surface area (Å²) in [4.78, 5) is 29.8. The van der Waals surface area contributed by atoms with Gasteiger partial charge in [0.1, 0.15) is 0 Å². The van der Waals surface area contributed by atoms with Gasteiger partial charge in [0.2, 0.25) is 0 Å². The maximum atomic E-state index is 12.9. The number of H-pyrrole nitrogens is 1. The van der Waals surface area contributed by atoms with E-state index < -0.39 is 0 Å². The minimum absolute atomic E-state index is 0. The van der Waals surface area contributed by atoms with Crippen LogP contribution in [0.4, 0.5) is 0 Å². The SMILES string of the molecule is CC(=O)c1c[nH]c2ccc(C(=O)N3CCC(Cc4ccccc4)CC3)cc12.[HH]. The maximum Gasteiger partial charge on any atom is 0.253 e. The lowest BCUT2D eigenvalue weighted by molar-refractivity contribution is 0.0690. The number of carbonyl (C=O) groups excluding carboxylic acids is 2. The molecular formula is C23H26N2O2. The minimum atomic E-state index is 0. The summed E-state index contributed by atoms with van der Waals surface area (Å²) in [5, 5.41) is 0.826. The first-order valence-corrected chi connectivity index (χ1v) is 9.57. The van der Waals surface area contributed by atoms with Gasteiger partial charge in [0.25, 0.3) is 5.91 Å². The van der Waals surface area contributed by atoms with E-state index in [0.717, 1.165) is 43.3 Å². The Bertz CT molecular complexity index is 973. The second-order valence-corrected chi connectivity index (χ2v) is 7.44. The smallest absolute Gasteiger partial charge is 0.253 e. The average molecular weight is 362 g/mol. The van der Waals surface area contributed by atoms with Crippen molar-refractivity contribution < 1.29 is 11.0 Å². The van der Waals surface area contributed by atoms with E-state index in [0.29, 0.717) is 17.0 Å². The van der Waals surface area contributed by atoms with Crippen LogP contribution in [-0.4, -0.2) is 34.7 Å². The van der Waals surface area contributed by atoms with Crippen LogP contribution < -0.4 is 0 Å². The van der Waals surface area contributed by atoms with Crippen molar-refractivity contribution in [3.8, 4) is 0 Å². The van der Waals surface area contributed by atoms with Crippen LogP contribution in [0.25, 0.3) is 10.9 Å². The van der Waals surface area contributed by atoms with Gasteiger partial charge in [-0.25, -0.2) is 0 Å². The van der Waals surface area contributed by atoms with Gasteiger partial charge in [-0.05, 0) is 55.9 Å². The lowest BCUT2D eigenvalue weighted by Gasteiger charge is -2.32.